The minimum atomic E-state index is -1.10. The molecule has 5 rings (SSSR count). The highest BCUT2D eigenvalue weighted by Crippen LogP contribution is 2.30. The molecule has 0 aliphatic carbocycles. The molecule has 9 N–H and O–H groups in total. The van der Waals surface area contributed by atoms with Crippen LogP contribution in [0.25, 0.3) is 0 Å². The van der Waals surface area contributed by atoms with Gasteiger partial charge in [-0.2, -0.15) is 0 Å². The average molecular weight is 1370 g/mol. The lowest BCUT2D eigenvalue weighted by molar-refractivity contribution is -0.145. The molecule has 10 atom stereocenters. The number of piperidine rings is 1. The fourth-order valence-corrected chi connectivity index (χ4v) is 13.0. The molecular formula is C70H105N11O15S. The molecule has 3 heterocycles. The highest BCUT2D eigenvalue weighted by atomic mass is 32.2. The summed E-state index contributed by atoms with van der Waals surface area (Å²) in [7, 11) is 1.33. The number of imide groups is 1. The number of nitrogens with two attached hydrogens (primary N) is 1. The van der Waals surface area contributed by atoms with Crippen LogP contribution in [0.5, 0.6) is 5.75 Å². The van der Waals surface area contributed by atoms with Crippen LogP contribution in [0.1, 0.15) is 163 Å². The Morgan fingerprint density at radius 1 is 0.773 bits per heavy atom. The maximum atomic E-state index is 15.3. The van der Waals surface area contributed by atoms with Crippen molar-refractivity contribution in [1.29, 1.82) is 0 Å². The van der Waals surface area contributed by atoms with Gasteiger partial charge in [-0.3, -0.25) is 57.9 Å². The van der Waals surface area contributed by atoms with E-state index in [1.165, 1.54) is 35.9 Å². The summed E-state index contributed by atoms with van der Waals surface area (Å²) in [6.07, 6.45) is 7.74. The number of thioether (sulfide) groups is 1. The molecule has 3 aliphatic rings. The van der Waals surface area contributed by atoms with E-state index >= 15 is 4.79 Å². The Bertz CT molecular complexity index is 3020. The lowest BCUT2D eigenvalue weighted by atomic mass is 9.92. The van der Waals surface area contributed by atoms with Gasteiger partial charge in [-0.25, -0.2) is 9.59 Å². The topological polar surface area (TPSA) is 356 Å². The molecule has 1 unspecified atom stereocenters. The summed E-state index contributed by atoms with van der Waals surface area (Å²) in [5.74, 6) is -4.48. The summed E-state index contributed by atoms with van der Waals surface area (Å²) in [6.45, 7) is 18.4. The number of phenols is 1. The average Bonchev–Trinajstić information content (AvgIpc) is 1.70. The molecule has 0 aromatic heterocycles. The summed E-state index contributed by atoms with van der Waals surface area (Å²) >= 11 is 1.44. The van der Waals surface area contributed by atoms with Gasteiger partial charge >= 0.3 is 18.1 Å². The summed E-state index contributed by atoms with van der Waals surface area (Å²) in [5, 5.41) is 27.6. The van der Waals surface area contributed by atoms with E-state index in [4.69, 9.17) is 24.9 Å². The van der Waals surface area contributed by atoms with Crippen molar-refractivity contribution in [2.45, 2.75) is 214 Å². The Kier molecular flexibility index (Phi) is 33.3. The SMILES string of the molecule is CCCO[C@H](C[C@H](C(C)C)N(CCC)C(=O)[C@@H](NC(=O)[C@H]1CCCCN1C(=O)OCc1ccc(NC(=O)[C@H](CCCNC(N)=O)NC(=O)[C@@H](NC(=O)CCCCCN2C(=O)C=CC2=O)C(C)C)cc1)[C@@H](C)CC)C1=NC(C(=O)N[C@@H](Cc2ccc(O)cc2)C[C@H](C)C(=O)OC)CS1. The van der Waals surface area contributed by atoms with Crippen LogP contribution in [-0.4, -0.2) is 184 Å². The van der Waals surface area contributed by atoms with Crippen molar-refractivity contribution >= 4 is 87.8 Å². The van der Waals surface area contributed by atoms with E-state index in [0.717, 1.165) is 10.5 Å². The van der Waals surface area contributed by atoms with Crippen molar-refractivity contribution in [3.8, 4) is 5.75 Å². The van der Waals surface area contributed by atoms with Crippen LogP contribution in [0, 0.1) is 23.7 Å². The van der Waals surface area contributed by atoms with Gasteiger partial charge in [-0.05, 0) is 124 Å². The van der Waals surface area contributed by atoms with Crippen molar-refractivity contribution in [1.82, 2.24) is 41.3 Å². The summed E-state index contributed by atoms with van der Waals surface area (Å²) in [6, 6.07) is 6.92. The van der Waals surface area contributed by atoms with Crippen molar-refractivity contribution in [3.05, 3.63) is 71.8 Å². The van der Waals surface area contributed by atoms with Gasteiger partial charge < -0.3 is 61.9 Å². The minimum absolute atomic E-state index is 0.0735. The molecule has 27 heteroatoms. The minimum Gasteiger partial charge on any atom is -0.508 e. The Morgan fingerprint density at radius 2 is 1.46 bits per heavy atom. The second-order valence-corrected chi connectivity index (χ2v) is 27.1. The molecule has 0 saturated carbocycles. The van der Waals surface area contributed by atoms with Crippen molar-refractivity contribution in [2.24, 2.45) is 34.4 Å². The fraction of sp³-hybridized carbons (Fsp3) is 0.629. The Labute approximate surface area is 575 Å². The number of nitrogens with zero attached hydrogens (tertiary/aromatic N) is 4. The molecule has 11 amide bonds. The molecule has 3 aliphatic heterocycles. The lowest BCUT2D eigenvalue weighted by Gasteiger charge is -2.40. The number of aromatic hydroxyl groups is 1. The van der Waals surface area contributed by atoms with Crippen molar-refractivity contribution < 1.29 is 72.1 Å². The number of hydrogen-bond acceptors (Lipinski definition) is 17. The predicted octanol–water partition coefficient (Wildman–Crippen LogP) is 6.80. The van der Waals surface area contributed by atoms with Gasteiger partial charge in [0.25, 0.3) is 11.8 Å². The smallest absolute Gasteiger partial charge is 0.410 e. The Balaban J connectivity index is 1.22. The standard InChI is InChI=1S/C70H105N11O15S/c1-11-34-79(55(43(4)5)40-56(95-37-12-2)66-76-53(42-97-66)63(87)74-50(38-46(9)68(91)94-10)39-47-25-29-51(82)30-26-47)67(90)61(45(8)13-3)78-64(88)54-21-16-18-35-80(54)70(93)96-41-48-23-27-49(28-24-48)73-62(86)52(20-19-33-72-69(71)92)75-65(89)60(44(6)7)77-57(83)22-15-14-17-36-81-58(84)31-32-59(81)85/h23-32,43-46,50,52-56,60-61,82H,11-22,33-42H2,1-10H3,(H,73,86)(H,74,87)(H,75,89)(H,77,83)(H,78,88)(H3,71,72,92)/t45-,46-,50+,52-,53?,54+,55+,56+,60-,61-/m0/s1. The number of primary amides is 1. The van der Waals surface area contributed by atoms with Crippen LogP contribution in [0.15, 0.2) is 65.7 Å². The molecule has 1 saturated heterocycles. The lowest BCUT2D eigenvalue weighted by Crippen LogP contribution is -2.60. The largest absolute Gasteiger partial charge is 0.508 e. The second kappa shape index (κ2) is 40.6. The fourth-order valence-electron chi connectivity index (χ4n) is 11.9. The number of rotatable bonds is 40. The molecule has 97 heavy (non-hydrogen) atoms. The number of phenolic OH excluding ortho intramolecular Hbond substituents is 1. The third-order valence-electron chi connectivity index (χ3n) is 17.6. The zero-order valence-electron chi connectivity index (χ0n) is 58.2. The van der Waals surface area contributed by atoms with Gasteiger partial charge in [0, 0.05) is 81.3 Å². The number of amides is 11. The first-order valence-corrected chi connectivity index (χ1v) is 35.4. The van der Waals surface area contributed by atoms with Crippen molar-refractivity contribution in [2.75, 3.05) is 51.0 Å². The van der Waals surface area contributed by atoms with E-state index < -0.39 is 84.1 Å². The number of carbonyl (C=O) groups excluding carboxylic acids is 11. The molecule has 26 nitrogen and oxygen atoms in total. The number of nitrogens with one attached hydrogen (secondary N) is 6. The number of anilines is 1. The molecule has 1 fully saturated rings. The second-order valence-electron chi connectivity index (χ2n) is 26.0. The van der Waals surface area contributed by atoms with E-state index in [9.17, 15) is 53.1 Å². The van der Waals surface area contributed by atoms with Crippen LogP contribution in [0.4, 0.5) is 15.3 Å². The number of urea groups is 1. The van der Waals surface area contributed by atoms with E-state index in [0.29, 0.717) is 112 Å². The van der Waals surface area contributed by atoms with Gasteiger partial charge in [0.05, 0.1) is 18.1 Å². The molecular weight excluding hydrogens is 1270 g/mol. The molecule has 2 aromatic carbocycles. The molecule has 536 valence electrons. The van der Waals surface area contributed by atoms with Crippen LogP contribution in [-0.2, 0) is 70.4 Å². The summed E-state index contributed by atoms with van der Waals surface area (Å²) in [4.78, 5) is 156. The van der Waals surface area contributed by atoms with E-state index in [2.05, 4.69) is 31.9 Å². The van der Waals surface area contributed by atoms with Crippen LogP contribution >= 0.6 is 11.8 Å². The number of ether oxygens (including phenoxy) is 3. The molecule has 0 bridgehead atoms. The zero-order valence-corrected chi connectivity index (χ0v) is 59.0. The van der Waals surface area contributed by atoms with Crippen molar-refractivity contribution in [3.63, 3.8) is 0 Å². The van der Waals surface area contributed by atoms with Gasteiger partial charge in [-0.15, -0.1) is 11.8 Å². The summed E-state index contributed by atoms with van der Waals surface area (Å²) < 4.78 is 17.4. The monoisotopic (exact) mass is 1370 g/mol. The Morgan fingerprint density at radius 3 is 2.09 bits per heavy atom. The third-order valence-corrected chi connectivity index (χ3v) is 18.8. The van der Waals surface area contributed by atoms with Crippen LogP contribution < -0.4 is 37.6 Å². The maximum absolute atomic E-state index is 15.3. The highest BCUT2D eigenvalue weighted by Gasteiger charge is 2.41. The number of hydrogen-bond donors (Lipinski definition) is 8. The summed E-state index contributed by atoms with van der Waals surface area (Å²) in [5.41, 5.74) is 7.05. The zero-order chi connectivity index (χ0) is 71.3. The van der Waals surface area contributed by atoms with Gasteiger partial charge in [-0.1, -0.05) is 99.4 Å². The number of methoxy groups -OCH3 is 1. The van der Waals surface area contributed by atoms with E-state index in [-0.39, 0.29) is 105 Å². The number of unbranched alkanes of at least 4 members (excludes halogenated alkanes) is 2. The maximum Gasteiger partial charge on any atom is 0.410 e. The first kappa shape index (κ1) is 79.6. The normalized spacial score (nSPS) is 17.8. The van der Waals surface area contributed by atoms with E-state index in [1.807, 2.05) is 46.4 Å². The number of esters is 1. The molecule has 0 spiro atoms. The predicted molar refractivity (Wildman–Crippen MR) is 369 cm³/mol. The number of aliphatic imine (C=N–C) groups is 1. The molecule has 0 radical (unpaired) electrons. The number of likely N-dealkylation sites (tertiary alicyclic amines) is 1. The third kappa shape index (κ3) is 25.4. The quantitative estimate of drug-likeness (QED) is 0.0193. The highest BCUT2D eigenvalue weighted by molar-refractivity contribution is 8.14. The van der Waals surface area contributed by atoms with Crippen LogP contribution in [0.2, 0.25) is 0 Å². The van der Waals surface area contributed by atoms with E-state index in [1.54, 1.807) is 69.3 Å². The van der Waals surface area contributed by atoms with Gasteiger partial charge in [0.1, 0.15) is 48.7 Å². The first-order chi connectivity index (χ1) is 46.3. The van der Waals surface area contributed by atoms with Gasteiger partial charge in [0.15, 0.2) is 0 Å². The van der Waals surface area contributed by atoms with Gasteiger partial charge in [0.2, 0.25) is 35.4 Å². The number of benzene rings is 2. The number of carbonyl (C=O) groups is 11. The van der Waals surface area contributed by atoms with Crippen LogP contribution in [0.3, 0.4) is 0 Å². The first-order valence-electron chi connectivity index (χ1n) is 34.4. The molecule has 2 aromatic rings. The Hall–Kier alpha value is -8.07.